The summed E-state index contributed by atoms with van der Waals surface area (Å²) in [5, 5.41) is 8.73. The van der Waals surface area contributed by atoms with Crippen molar-refractivity contribution in [2.45, 2.75) is 38.5 Å². The van der Waals surface area contributed by atoms with Crippen molar-refractivity contribution in [2.24, 2.45) is 0 Å². The lowest BCUT2D eigenvalue weighted by molar-refractivity contribution is 0.0509. The molecule has 120 valence electrons. The van der Waals surface area contributed by atoms with Crippen molar-refractivity contribution in [3.05, 3.63) is 29.3 Å². The van der Waals surface area contributed by atoms with Crippen LogP contribution in [0.3, 0.4) is 0 Å². The van der Waals surface area contributed by atoms with Crippen LogP contribution in [0.25, 0.3) is 0 Å². The highest BCUT2D eigenvalue weighted by molar-refractivity contribution is 5.93. The van der Waals surface area contributed by atoms with Gasteiger partial charge in [-0.1, -0.05) is 6.07 Å². The molecular formula is C16H22N2O4. The molecule has 0 spiro atoms. The lowest BCUT2D eigenvalue weighted by Gasteiger charge is -2.28. The Morgan fingerprint density at radius 3 is 3.09 bits per heavy atom. The van der Waals surface area contributed by atoms with Crippen molar-refractivity contribution in [3.8, 4) is 5.75 Å². The first kappa shape index (κ1) is 15.3. The summed E-state index contributed by atoms with van der Waals surface area (Å²) in [5.74, 6) is 0.183. The number of hydrogen-bond donors (Lipinski definition) is 2. The van der Waals surface area contributed by atoms with Gasteiger partial charge in [-0.05, 0) is 31.9 Å². The molecule has 2 heterocycles. The van der Waals surface area contributed by atoms with Gasteiger partial charge in [0.2, 0.25) is 0 Å². The van der Waals surface area contributed by atoms with Gasteiger partial charge in [0.15, 0.2) is 0 Å². The molecule has 1 aromatic carbocycles. The molecule has 2 unspecified atom stereocenters. The second-order valence-electron chi connectivity index (χ2n) is 5.99. The molecule has 1 amide bonds. The molecule has 0 aliphatic carbocycles. The number of nitrogens with one attached hydrogen (secondary N) is 1. The molecule has 1 fully saturated rings. The molecule has 6 heteroatoms. The Morgan fingerprint density at radius 2 is 2.36 bits per heavy atom. The highest BCUT2D eigenvalue weighted by atomic mass is 16.5. The fourth-order valence-corrected chi connectivity index (χ4v) is 3.01. The third kappa shape index (κ3) is 3.24. The summed E-state index contributed by atoms with van der Waals surface area (Å²) in [6.07, 6.45) is 2.56. The van der Waals surface area contributed by atoms with Gasteiger partial charge in [-0.3, -0.25) is 14.9 Å². The normalized spacial score (nSPS) is 25.2. The molecule has 3 rings (SSSR count). The third-order valence-corrected chi connectivity index (χ3v) is 4.37. The van der Waals surface area contributed by atoms with Gasteiger partial charge in [0.1, 0.15) is 12.4 Å². The number of nitrogens with zero attached hydrogens (tertiary/aromatic N) is 1. The molecule has 6 nitrogen and oxygen atoms in total. The summed E-state index contributed by atoms with van der Waals surface area (Å²) in [6.45, 7) is 5.26. The van der Waals surface area contributed by atoms with Gasteiger partial charge in [-0.25, -0.2) is 5.48 Å². The lowest BCUT2D eigenvalue weighted by atomic mass is 10.1. The Kier molecular flexibility index (Phi) is 4.61. The smallest absolute Gasteiger partial charge is 0.274 e. The lowest BCUT2D eigenvalue weighted by Crippen LogP contribution is -2.39. The Balaban J connectivity index is 1.76. The van der Waals surface area contributed by atoms with E-state index in [0.29, 0.717) is 24.0 Å². The summed E-state index contributed by atoms with van der Waals surface area (Å²) in [5.41, 5.74) is 3.09. The Bertz CT molecular complexity index is 543. The van der Waals surface area contributed by atoms with Crippen LogP contribution in [0.2, 0.25) is 0 Å². The monoisotopic (exact) mass is 306 g/mol. The fraction of sp³-hybridized carbons (Fsp3) is 0.562. The zero-order valence-electron chi connectivity index (χ0n) is 12.7. The van der Waals surface area contributed by atoms with E-state index in [2.05, 4.69) is 11.8 Å². The first-order chi connectivity index (χ1) is 10.7. The summed E-state index contributed by atoms with van der Waals surface area (Å²) >= 11 is 0. The second-order valence-corrected chi connectivity index (χ2v) is 5.99. The average Bonchev–Trinajstić information content (AvgIpc) is 2.99. The van der Waals surface area contributed by atoms with Crippen LogP contribution in [0.4, 0.5) is 0 Å². The molecule has 1 aromatic rings. The van der Waals surface area contributed by atoms with E-state index >= 15 is 0 Å². The van der Waals surface area contributed by atoms with Crippen molar-refractivity contribution >= 4 is 5.91 Å². The standard InChI is InChI=1S/C16H22N2O4/c1-11-10-22-15-7-12(16(19)17-20)4-5-13(15)8-18(11)9-14-3-2-6-21-14/h4-5,7,11,14,20H,2-3,6,8-10H2,1H3,(H,17,19). The minimum absolute atomic E-state index is 0.284. The van der Waals surface area contributed by atoms with Crippen LogP contribution in [0.1, 0.15) is 35.7 Å². The van der Waals surface area contributed by atoms with Gasteiger partial charge in [0, 0.05) is 36.9 Å². The number of benzene rings is 1. The Labute approximate surface area is 130 Å². The Morgan fingerprint density at radius 1 is 1.50 bits per heavy atom. The number of amides is 1. The Hall–Kier alpha value is -1.63. The van der Waals surface area contributed by atoms with Gasteiger partial charge in [-0.15, -0.1) is 0 Å². The maximum atomic E-state index is 11.5. The van der Waals surface area contributed by atoms with Crippen LogP contribution in [-0.4, -0.2) is 47.9 Å². The molecule has 0 bridgehead atoms. The predicted molar refractivity (Wildman–Crippen MR) is 80.0 cm³/mol. The van der Waals surface area contributed by atoms with Gasteiger partial charge >= 0.3 is 0 Å². The third-order valence-electron chi connectivity index (χ3n) is 4.37. The van der Waals surface area contributed by atoms with Crippen LogP contribution in [0.5, 0.6) is 5.75 Å². The molecule has 0 saturated carbocycles. The van der Waals surface area contributed by atoms with E-state index in [-0.39, 0.29) is 6.04 Å². The van der Waals surface area contributed by atoms with E-state index in [1.807, 2.05) is 6.07 Å². The van der Waals surface area contributed by atoms with Crippen molar-refractivity contribution in [1.29, 1.82) is 0 Å². The van der Waals surface area contributed by atoms with E-state index in [1.165, 1.54) is 0 Å². The molecule has 2 atom stereocenters. The molecule has 2 aliphatic rings. The SMILES string of the molecule is CC1COc2cc(C(=O)NO)ccc2CN1CC1CCCO1. The molecule has 0 aromatic heterocycles. The minimum atomic E-state index is -0.528. The van der Waals surface area contributed by atoms with Gasteiger partial charge in [-0.2, -0.15) is 0 Å². The number of hydrogen-bond acceptors (Lipinski definition) is 5. The van der Waals surface area contributed by atoms with E-state index in [4.69, 9.17) is 14.7 Å². The van der Waals surface area contributed by atoms with E-state index in [1.54, 1.807) is 17.6 Å². The molecule has 2 aliphatic heterocycles. The van der Waals surface area contributed by atoms with Crippen LogP contribution < -0.4 is 10.2 Å². The van der Waals surface area contributed by atoms with Crippen molar-refractivity contribution < 1.29 is 19.5 Å². The number of carbonyl (C=O) groups is 1. The van der Waals surface area contributed by atoms with Crippen molar-refractivity contribution in [3.63, 3.8) is 0 Å². The topological polar surface area (TPSA) is 71.0 Å². The maximum absolute atomic E-state index is 11.5. The van der Waals surface area contributed by atoms with Gasteiger partial charge in [0.05, 0.1) is 6.10 Å². The maximum Gasteiger partial charge on any atom is 0.274 e. The van der Waals surface area contributed by atoms with Crippen molar-refractivity contribution in [1.82, 2.24) is 10.4 Å². The van der Waals surface area contributed by atoms with Crippen molar-refractivity contribution in [2.75, 3.05) is 19.8 Å². The highest BCUT2D eigenvalue weighted by Gasteiger charge is 2.26. The summed E-state index contributed by atoms with van der Waals surface area (Å²) < 4.78 is 11.6. The van der Waals surface area contributed by atoms with Crippen LogP contribution in [-0.2, 0) is 11.3 Å². The van der Waals surface area contributed by atoms with Crippen LogP contribution in [0, 0.1) is 0 Å². The van der Waals surface area contributed by atoms with E-state index in [9.17, 15) is 4.79 Å². The second kappa shape index (κ2) is 6.64. The minimum Gasteiger partial charge on any atom is -0.492 e. The fourth-order valence-electron chi connectivity index (χ4n) is 3.01. The summed E-state index contributed by atoms with van der Waals surface area (Å²) in [6, 6.07) is 5.56. The predicted octanol–water partition coefficient (Wildman–Crippen LogP) is 1.57. The first-order valence-corrected chi connectivity index (χ1v) is 7.73. The highest BCUT2D eigenvalue weighted by Crippen LogP contribution is 2.27. The van der Waals surface area contributed by atoms with Crippen LogP contribution in [0.15, 0.2) is 18.2 Å². The van der Waals surface area contributed by atoms with Gasteiger partial charge < -0.3 is 9.47 Å². The van der Waals surface area contributed by atoms with E-state index in [0.717, 1.165) is 38.1 Å². The summed E-state index contributed by atoms with van der Waals surface area (Å²) in [7, 11) is 0. The molecule has 22 heavy (non-hydrogen) atoms. The quantitative estimate of drug-likeness (QED) is 0.655. The molecular weight excluding hydrogens is 284 g/mol. The zero-order chi connectivity index (χ0) is 15.5. The van der Waals surface area contributed by atoms with Gasteiger partial charge in [0.25, 0.3) is 5.91 Å². The molecule has 2 N–H and O–H groups in total. The summed E-state index contributed by atoms with van der Waals surface area (Å²) in [4.78, 5) is 13.9. The molecule has 0 radical (unpaired) electrons. The number of ether oxygens (including phenoxy) is 2. The number of fused-ring (bicyclic) bond motifs is 1. The van der Waals surface area contributed by atoms with E-state index < -0.39 is 5.91 Å². The average molecular weight is 306 g/mol. The largest absolute Gasteiger partial charge is 0.492 e. The zero-order valence-corrected chi connectivity index (χ0v) is 12.7. The first-order valence-electron chi connectivity index (χ1n) is 7.73. The van der Waals surface area contributed by atoms with Crippen LogP contribution >= 0.6 is 0 Å². The number of rotatable bonds is 3. The number of hydroxylamine groups is 1. The number of carbonyl (C=O) groups excluding carboxylic acids is 1. The molecule has 1 saturated heterocycles.